The highest BCUT2D eigenvalue weighted by atomic mass is 16.6. The van der Waals surface area contributed by atoms with Crippen molar-refractivity contribution in [3.05, 3.63) is 75.3 Å². The molecule has 2 amide bonds. The molecule has 0 saturated carbocycles. The molecule has 2 aromatic rings. The zero-order chi connectivity index (χ0) is 18.2. The quantitative estimate of drug-likeness (QED) is 0.373. The maximum absolute atomic E-state index is 11.7. The molecule has 2 aromatic carbocycles. The molecule has 0 spiro atoms. The Hall–Kier alpha value is -3.55. The van der Waals surface area contributed by atoms with Crippen molar-refractivity contribution in [3.63, 3.8) is 0 Å². The van der Waals surface area contributed by atoms with Crippen LogP contribution in [-0.2, 0) is 16.1 Å². The summed E-state index contributed by atoms with van der Waals surface area (Å²) >= 11 is 0. The van der Waals surface area contributed by atoms with Gasteiger partial charge in [-0.3, -0.25) is 19.7 Å². The van der Waals surface area contributed by atoms with Crippen molar-refractivity contribution in [2.24, 2.45) is 5.10 Å². The Bertz CT molecular complexity index is 798. The fourth-order valence-corrected chi connectivity index (χ4v) is 1.87. The molecule has 0 radical (unpaired) electrons. The van der Waals surface area contributed by atoms with Crippen LogP contribution >= 0.6 is 0 Å². The lowest BCUT2D eigenvalue weighted by Gasteiger charge is -2.04. The molecule has 0 aliphatic heterocycles. The Morgan fingerprint density at radius 3 is 2.32 bits per heavy atom. The number of aryl methyl sites for hydroxylation is 1. The van der Waals surface area contributed by atoms with E-state index in [2.05, 4.69) is 15.8 Å². The van der Waals surface area contributed by atoms with E-state index in [0.29, 0.717) is 5.56 Å². The predicted molar refractivity (Wildman–Crippen MR) is 91.9 cm³/mol. The van der Waals surface area contributed by atoms with Crippen molar-refractivity contribution in [3.8, 4) is 0 Å². The maximum atomic E-state index is 11.7. The van der Waals surface area contributed by atoms with Crippen molar-refractivity contribution in [1.29, 1.82) is 0 Å². The molecular weight excluding hydrogens is 324 g/mol. The minimum Gasteiger partial charge on any atom is -0.344 e. The number of benzene rings is 2. The zero-order valence-electron chi connectivity index (χ0n) is 13.4. The fraction of sp³-hybridized carbons (Fsp3) is 0.118. The minimum atomic E-state index is -0.898. The molecule has 2 N–H and O–H groups in total. The van der Waals surface area contributed by atoms with Crippen LogP contribution in [0.3, 0.4) is 0 Å². The van der Waals surface area contributed by atoms with E-state index in [1.54, 1.807) is 0 Å². The molecule has 25 heavy (non-hydrogen) atoms. The van der Waals surface area contributed by atoms with E-state index in [0.717, 1.165) is 11.1 Å². The van der Waals surface area contributed by atoms with Crippen LogP contribution in [0.1, 0.15) is 16.7 Å². The summed E-state index contributed by atoms with van der Waals surface area (Å²) < 4.78 is 0. The van der Waals surface area contributed by atoms with Crippen molar-refractivity contribution >= 4 is 23.7 Å². The van der Waals surface area contributed by atoms with E-state index in [1.165, 1.54) is 30.5 Å². The zero-order valence-corrected chi connectivity index (χ0v) is 13.4. The largest absolute Gasteiger partial charge is 0.344 e. The molecule has 0 unspecified atom stereocenters. The summed E-state index contributed by atoms with van der Waals surface area (Å²) in [5.74, 6) is -1.70. The number of nitro groups is 1. The summed E-state index contributed by atoms with van der Waals surface area (Å²) in [7, 11) is 0. The second kappa shape index (κ2) is 8.34. The number of hydrazone groups is 1. The standard InChI is InChI=1S/C17H16N4O4/c1-12-2-4-13(5-3-12)10-18-16(22)17(23)20-19-11-14-6-8-15(9-7-14)21(24)25/h2-9,11H,10H2,1H3,(H,18,22)(H,20,23)/b19-11+. The molecule has 2 rings (SSSR count). The van der Waals surface area contributed by atoms with Gasteiger partial charge in [-0.05, 0) is 30.2 Å². The van der Waals surface area contributed by atoms with E-state index in [9.17, 15) is 19.7 Å². The van der Waals surface area contributed by atoms with Crippen LogP contribution in [0.2, 0.25) is 0 Å². The molecule has 0 aliphatic carbocycles. The summed E-state index contributed by atoms with van der Waals surface area (Å²) in [6, 6.07) is 13.1. The van der Waals surface area contributed by atoms with Crippen LogP contribution in [0, 0.1) is 17.0 Å². The van der Waals surface area contributed by atoms with Crippen LogP contribution in [0.5, 0.6) is 0 Å². The van der Waals surface area contributed by atoms with Gasteiger partial charge >= 0.3 is 11.8 Å². The van der Waals surface area contributed by atoms with Gasteiger partial charge < -0.3 is 5.32 Å². The second-order valence-corrected chi connectivity index (χ2v) is 5.22. The van der Waals surface area contributed by atoms with Gasteiger partial charge in [-0.2, -0.15) is 5.10 Å². The number of nitro benzene ring substituents is 1. The first-order valence-corrected chi connectivity index (χ1v) is 7.37. The Morgan fingerprint density at radius 2 is 1.72 bits per heavy atom. The van der Waals surface area contributed by atoms with Crippen molar-refractivity contribution in [2.45, 2.75) is 13.5 Å². The topological polar surface area (TPSA) is 114 Å². The SMILES string of the molecule is Cc1ccc(CNC(=O)C(=O)N/N=C/c2ccc([N+](=O)[O-])cc2)cc1. The third-order valence-electron chi connectivity index (χ3n) is 3.26. The van der Waals surface area contributed by atoms with Gasteiger partial charge in [0.05, 0.1) is 11.1 Å². The van der Waals surface area contributed by atoms with Crippen LogP contribution in [0.25, 0.3) is 0 Å². The summed E-state index contributed by atoms with van der Waals surface area (Å²) in [6.45, 7) is 2.19. The van der Waals surface area contributed by atoms with E-state index in [1.807, 2.05) is 31.2 Å². The molecule has 0 fully saturated rings. The first kappa shape index (κ1) is 17.8. The van der Waals surface area contributed by atoms with Crippen LogP contribution in [0.15, 0.2) is 53.6 Å². The highest BCUT2D eigenvalue weighted by molar-refractivity contribution is 6.35. The Kier molecular flexibility index (Phi) is 5.94. The molecule has 0 saturated heterocycles. The van der Waals surface area contributed by atoms with Gasteiger partial charge in [0.2, 0.25) is 0 Å². The number of non-ortho nitro benzene ring substituents is 1. The average molecular weight is 340 g/mol. The van der Waals surface area contributed by atoms with Crippen LogP contribution in [0.4, 0.5) is 5.69 Å². The first-order valence-electron chi connectivity index (χ1n) is 7.37. The lowest BCUT2D eigenvalue weighted by Crippen LogP contribution is -2.37. The maximum Gasteiger partial charge on any atom is 0.329 e. The van der Waals surface area contributed by atoms with Gasteiger partial charge in [-0.25, -0.2) is 5.43 Å². The minimum absolute atomic E-state index is 0.0448. The highest BCUT2D eigenvalue weighted by Gasteiger charge is 2.11. The van der Waals surface area contributed by atoms with Crippen LogP contribution < -0.4 is 10.7 Å². The van der Waals surface area contributed by atoms with Gasteiger partial charge in [0, 0.05) is 18.7 Å². The molecule has 8 heteroatoms. The van der Waals surface area contributed by atoms with Crippen molar-refractivity contribution in [2.75, 3.05) is 0 Å². The van der Waals surface area contributed by atoms with E-state index in [-0.39, 0.29) is 12.2 Å². The molecule has 0 aromatic heterocycles. The number of hydrogen-bond donors (Lipinski definition) is 2. The van der Waals surface area contributed by atoms with Crippen LogP contribution in [-0.4, -0.2) is 23.0 Å². The lowest BCUT2D eigenvalue weighted by atomic mass is 10.1. The molecule has 0 atom stereocenters. The molecule has 0 heterocycles. The summed E-state index contributed by atoms with van der Waals surface area (Å²) in [6.07, 6.45) is 1.29. The molecule has 8 nitrogen and oxygen atoms in total. The average Bonchev–Trinajstić information content (AvgIpc) is 2.61. The summed E-state index contributed by atoms with van der Waals surface area (Å²) in [5, 5.41) is 16.7. The predicted octanol–water partition coefficient (Wildman–Crippen LogP) is 1.67. The molecule has 128 valence electrons. The third-order valence-corrected chi connectivity index (χ3v) is 3.26. The fourth-order valence-electron chi connectivity index (χ4n) is 1.87. The molecular formula is C17H16N4O4. The van der Waals surface area contributed by atoms with Gasteiger partial charge in [0.15, 0.2) is 0 Å². The Balaban J connectivity index is 1.81. The normalized spacial score (nSPS) is 10.4. The monoisotopic (exact) mass is 340 g/mol. The van der Waals surface area contributed by atoms with E-state index in [4.69, 9.17) is 0 Å². The van der Waals surface area contributed by atoms with Gasteiger partial charge in [0.1, 0.15) is 0 Å². The number of nitrogens with one attached hydrogen (secondary N) is 2. The van der Waals surface area contributed by atoms with Crippen molar-refractivity contribution < 1.29 is 14.5 Å². The van der Waals surface area contributed by atoms with Crippen molar-refractivity contribution in [1.82, 2.24) is 10.7 Å². The first-order chi connectivity index (χ1) is 12.0. The summed E-state index contributed by atoms with van der Waals surface area (Å²) in [5.41, 5.74) is 4.58. The van der Waals surface area contributed by atoms with E-state index >= 15 is 0 Å². The molecule has 0 bridgehead atoms. The number of hydrogen-bond acceptors (Lipinski definition) is 5. The lowest BCUT2D eigenvalue weighted by molar-refractivity contribution is -0.384. The number of carbonyl (C=O) groups excluding carboxylic acids is 2. The smallest absolute Gasteiger partial charge is 0.329 e. The van der Waals surface area contributed by atoms with Gasteiger partial charge in [-0.15, -0.1) is 0 Å². The second-order valence-electron chi connectivity index (χ2n) is 5.22. The number of rotatable bonds is 5. The Morgan fingerprint density at radius 1 is 1.08 bits per heavy atom. The molecule has 0 aliphatic rings. The third kappa shape index (κ3) is 5.54. The number of amides is 2. The Labute approximate surface area is 143 Å². The summed E-state index contributed by atoms with van der Waals surface area (Å²) in [4.78, 5) is 33.3. The number of carbonyl (C=O) groups is 2. The number of nitrogens with zero attached hydrogens (tertiary/aromatic N) is 2. The highest BCUT2D eigenvalue weighted by Crippen LogP contribution is 2.10. The van der Waals surface area contributed by atoms with E-state index < -0.39 is 16.7 Å². The van der Waals surface area contributed by atoms with Gasteiger partial charge in [0.25, 0.3) is 5.69 Å². The van der Waals surface area contributed by atoms with Gasteiger partial charge in [-0.1, -0.05) is 29.8 Å².